The van der Waals surface area contributed by atoms with Gasteiger partial charge in [-0.3, -0.25) is 0 Å². The summed E-state index contributed by atoms with van der Waals surface area (Å²) in [5.74, 6) is 0.588. The summed E-state index contributed by atoms with van der Waals surface area (Å²) in [6.45, 7) is 13.2. The van der Waals surface area contributed by atoms with Crippen molar-refractivity contribution in [1.29, 1.82) is 0 Å². The van der Waals surface area contributed by atoms with Gasteiger partial charge in [0.2, 0.25) is 0 Å². The second-order valence-corrected chi connectivity index (χ2v) is 6.10. The molecular weight excluding hydrogens is 246 g/mol. The molecule has 2 nitrogen and oxygen atoms in total. The molecule has 0 aliphatic heterocycles. The first kappa shape index (κ1) is 16.9. The molecule has 2 heteroatoms. The summed E-state index contributed by atoms with van der Waals surface area (Å²) in [6.07, 6.45) is 3.07. The molecule has 112 valence electrons. The Morgan fingerprint density at radius 1 is 1.30 bits per heavy atom. The van der Waals surface area contributed by atoms with Crippen molar-refractivity contribution in [2.24, 2.45) is 5.41 Å². The number of rotatable bonds is 9. The molecule has 1 atom stereocenters. The Hall–Kier alpha value is -1.12. The predicted octanol–water partition coefficient (Wildman–Crippen LogP) is 3.78. The van der Waals surface area contributed by atoms with E-state index in [4.69, 9.17) is 4.74 Å². The zero-order valence-electron chi connectivity index (χ0n) is 13.4. The maximum Gasteiger partial charge on any atom is 0.0587 e. The highest BCUT2D eigenvalue weighted by Crippen LogP contribution is 2.24. The van der Waals surface area contributed by atoms with E-state index in [1.54, 1.807) is 7.11 Å². The van der Waals surface area contributed by atoms with Gasteiger partial charge in [0.1, 0.15) is 0 Å². The first-order valence-corrected chi connectivity index (χ1v) is 7.43. The van der Waals surface area contributed by atoms with Gasteiger partial charge in [-0.2, -0.15) is 0 Å². The number of methoxy groups -OCH3 is 1. The topological polar surface area (TPSA) is 21.3 Å². The lowest BCUT2D eigenvalue weighted by atomic mass is 9.83. The molecule has 1 N–H and O–H groups in total. The summed E-state index contributed by atoms with van der Waals surface area (Å²) in [4.78, 5) is 0. The molecule has 0 aliphatic rings. The van der Waals surface area contributed by atoms with Crippen LogP contribution in [0.3, 0.4) is 0 Å². The van der Waals surface area contributed by atoms with Crippen molar-refractivity contribution in [3.05, 3.63) is 48.0 Å². The minimum Gasteiger partial charge on any atom is -0.383 e. The average Bonchev–Trinajstić information content (AvgIpc) is 2.44. The van der Waals surface area contributed by atoms with Crippen LogP contribution in [-0.4, -0.2) is 26.8 Å². The molecule has 0 saturated carbocycles. The second-order valence-electron chi connectivity index (χ2n) is 6.10. The van der Waals surface area contributed by atoms with Gasteiger partial charge in [-0.15, -0.1) is 6.58 Å². The smallest absolute Gasteiger partial charge is 0.0587 e. The van der Waals surface area contributed by atoms with Crippen molar-refractivity contribution < 1.29 is 4.74 Å². The van der Waals surface area contributed by atoms with E-state index in [1.807, 2.05) is 0 Å². The van der Waals surface area contributed by atoms with Gasteiger partial charge < -0.3 is 10.1 Å². The Kier molecular flexibility index (Phi) is 6.97. The highest BCUT2D eigenvalue weighted by molar-refractivity contribution is 5.26. The largest absolute Gasteiger partial charge is 0.383 e. The maximum atomic E-state index is 5.06. The average molecular weight is 275 g/mol. The number of hydrogen-bond acceptors (Lipinski definition) is 2. The lowest BCUT2D eigenvalue weighted by Gasteiger charge is -2.26. The number of nitrogens with one attached hydrogen (secondary N) is 1. The van der Waals surface area contributed by atoms with Crippen LogP contribution in [0.2, 0.25) is 0 Å². The van der Waals surface area contributed by atoms with Crippen LogP contribution in [0.4, 0.5) is 0 Å². The molecule has 0 bridgehead atoms. The monoisotopic (exact) mass is 275 g/mol. The molecule has 1 aromatic rings. The molecule has 1 rings (SSSR count). The number of hydrogen-bond donors (Lipinski definition) is 1. The zero-order valence-corrected chi connectivity index (χ0v) is 13.4. The van der Waals surface area contributed by atoms with E-state index in [0.29, 0.717) is 5.92 Å². The molecule has 0 radical (unpaired) electrons. The lowest BCUT2D eigenvalue weighted by Crippen LogP contribution is -2.33. The third-order valence-corrected chi connectivity index (χ3v) is 3.76. The van der Waals surface area contributed by atoms with Crippen LogP contribution in [0.5, 0.6) is 0 Å². The zero-order chi connectivity index (χ0) is 15.0. The third-order valence-electron chi connectivity index (χ3n) is 3.76. The molecule has 0 aromatic heterocycles. The van der Waals surface area contributed by atoms with Crippen LogP contribution >= 0.6 is 0 Å². The van der Waals surface area contributed by atoms with E-state index < -0.39 is 0 Å². The maximum absolute atomic E-state index is 5.06. The Labute approximate surface area is 124 Å². The predicted molar refractivity (Wildman–Crippen MR) is 87.3 cm³/mol. The SMILES string of the molecule is C=CC(C)(CNCCOC)Cc1ccc(C(C)C)cc1. The van der Waals surface area contributed by atoms with Gasteiger partial charge in [0, 0.05) is 25.6 Å². The van der Waals surface area contributed by atoms with E-state index in [2.05, 4.69) is 63.0 Å². The van der Waals surface area contributed by atoms with Crippen LogP contribution in [0.25, 0.3) is 0 Å². The molecule has 20 heavy (non-hydrogen) atoms. The highest BCUT2D eigenvalue weighted by Gasteiger charge is 2.20. The molecule has 1 unspecified atom stereocenters. The standard InChI is InChI=1S/C18H29NO/c1-6-18(4,14-19-11-12-20-5)13-16-7-9-17(10-8-16)15(2)3/h6-10,15,19H,1,11-14H2,2-5H3. The summed E-state index contributed by atoms with van der Waals surface area (Å²) >= 11 is 0. The third kappa shape index (κ3) is 5.48. The molecule has 0 heterocycles. The van der Waals surface area contributed by atoms with E-state index in [9.17, 15) is 0 Å². The normalized spacial score (nSPS) is 14.2. The fourth-order valence-electron chi connectivity index (χ4n) is 2.24. The second kappa shape index (κ2) is 8.23. The van der Waals surface area contributed by atoms with Crippen LogP contribution in [0.15, 0.2) is 36.9 Å². The van der Waals surface area contributed by atoms with Crippen LogP contribution in [0, 0.1) is 5.41 Å². The first-order valence-electron chi connectivity index (χ1n) is 7.43. The molecule has 0 aliphatic carbocycles. The van der Waals surface area contributed by atoms with Crippen molar-refractivity contribution >= 4 is 0 Å². The summed E-state index contributed by atoms with van der Waals surface area (Å²) < 4.78 is 5.06. The molecular formula is C18H29NO. The van der Waals surface area contributed by atoms with Crippen molar-refractivity contribution in [3.8, 4) is 0 Å². The van der Waals surface area contributed by atoms with Crippen LogP contribution in [0.1, 0.15) is 37.8 Å². The van der Waals surface area contributed by atoms with Gasteiger partial charge in [-0.25, -0.2) is 0 Å². The summed E-state index contributed by atoms with van der Waals surface area (Å²) in [5, 5.41) is 3.43. The minimum atomic E-state index is 0.0765. The first-order chi connectivity index (χ1) is 9.50. The molecule has 1 aromatic carbocycles. The minimum absolute atomic E-state index is 0.0765. The number of benzene rings is 1. The highest BCUT2D eigenvalue weighted by atomic mass is 16.5. The summed E-state index contributed by atoms with van der Waals surface area (Å²) in [6, 6.07) is 8.96. The van der Waals surface area contributed by atoms with Gasteiger partial charge in [0.15, 0.2) is 0 Å². The molecule has 0 amide bonds. The lowest BCUT2D eigenvalue weighted by molar-refractivity contribution is 0.196. The summed E-state index contributed by atoms with van der Waals surface area (Å²) in [7, 11) is 1.73. The van der Waals surface area contributed by atoms with Crippen molar-refractivity contribution in [3.63, 3.8) is 0 Å². The van der Waals surface area contributed by atoms with E-state index >= 15 is 0 Å². The Bertz CT molecular complexity index is 396. The molecule has 0 fully saturated rings. The van der Waals surface area contributed by atoms with Gasteiger partial charge in [-0.05, 0) is 23.5 Å². The fourth-order valence-corrected chi connectivity index (χ4v) is 2.24. The Morgan fingerprint density at radius 2 is 1.95 bits per heavy atom. The van der Waals surface area contributed by atoms with Crippen molar-refractivity contribution in [1.82, 2.24) is 5.32 Å². The number of ether oxygens (including phenoxy) is 1. The quantitative estimate of drug-likeness (QED) is 0.547. The van der Waals surface area contributed by atoms with E-state index in [0.717, 1.165) is 26.1 Å². The molecule has 0 saturated heterocycles. The van der Waals surface area contributed by atoms with Gasteiger partial charge >= 0.3 is 0 Å². The Balaban J connectivity index is 2.59. The van der Waals surface area contributed by atoms with Crippen molar-refractivity contribution in [2.45, 2.75) is 33.1 Å². The summed E-state index contributed by atoms with van der Waals surface area (Å²) in [5.41, 5.74) is 2.84. The molecule has 0 spiro atoms. The van der Waals surface area contributed by atoms with E-state index in [-0.39, 0.29) is 5.41 Å². The fraction of sp³-hybridized carbons (Fsp3) is 0.556. The van der Waals surface area contributed by atoms with Crippen LogP contribution in [-0.2, 0) is 11.2 Å². The Morgan fingerprint density at radius 3 is 2.45 bits per heavy atom. The van der Waals surface area contributed by atoms with Gasteiger partial charge in [0.05, 0.1) is 6.61 Å². The van der Waals surface area contributed by atoms with Crippen molar-refractivity contribution in [2.75, 3.05) is 26.8 Å². The van der Waals surface area contributed by atoms with E-state index in [1.165, 1.54) is 11.1 Å². The van der Waals surface area contributed by atoms with Gasteiger partial charge in [-0.1, -0.05) is 51.1 Å². The van der Waals surface area contributed by atoms with Crippen LogP contribution < -0.4 is 5.32 Å². The van der Waals surface area contributed by atoms with Gasteiger partial charge in [0.25, 0.3) is 0 Å².